The van der Waals surface area contributed by atoms with Crippen molar-refractivity contribution in [2.24, 2.45) is 0 Å². The molecule has 6 heteroatoms. The Morgan fingerprint density at radius 3 is 2.68 bits per heavy atom. The Morgan fingerprint density at radius 2 is 2.11 bits per heavy atom. The molecule has 2 N–H and O–H groups in total. The number of halogens is 1. The third kappa shape index (κ3) is 3.69. The van der Waals surface area contributed by atoms with Crippen LogP contribution >= 0.6 is 11.6 Å². The van der Waals surface area contributed by atoms with Gasteiger partial charge in [-0.2, -0.15) is 0 Å². The Bertz CT molecular complexity index is 542. The van der Waals surface area contributed by atoms with Crippen LogP contribution in [0.1, 0.15) is 31.7 Å². The molecule has 1 aromatic carbocycles. The largest absolute Gasteiger partial charge is 0.313 e. The van der Waals surface area contributed by atoms with Gasteiger partial charge in [0.2, 0.25) is 10.0 Å². The standard InChI is InChI=1S/C13H19ClN2O2S/c1-2-15-9-10-8-12(6-7-13(10)14)19(17,18)16-11-4-3-5-11/h6-8,11,15-16H,2-5,9H2,1H3. The van der Waals surface area contributed by atoms with E-state index >= 15 is 0 Å². The zero-order chi connectivity index (χ0) is 13.9. The predicted octanol–water partition coefficient (Wildman–Crippen LogP) is 2.28. The van der Waals surface area contributed by atoms with Gasteiger partial charge in [-0.25, -0.2) is 13.1 Å². The molecule has 0 saturated heterocycles. The molecule has 0 radical (unpaired) electrons. The number of nitrogens with one attached hydrogen (secondary N) is 2. The zero-order valence-corrected chi connectivity index (χ0v) is 12.5. The first-order valence-corrected chi connectivity index (χ1v) is 8.40. The topological polar surface area (TPSA) is 58.2 Å². The highest BCUT2D eigenvalue weighted by Crippen LogP contribution is 2.24. The van der Waals surface area contributed by atoms with Crippen LogP contribution in [-0.2, 0) is 16.6 Å². The lowest BCUT2D eigenvalue weighted by Crippen LogP contribution is -2.39. The smallest absolute Gasteiger partial charge is 0.240 e. The Kier molecular flexibility index (Phi) is 4.84. The molecule has 0 heterocycles. The van der Waals surface area contributed by atoms with Crippen LogP contribution in [0.15, 0.2) is 23.1 Å². The molecule has 0 aliphatic heterocycles. The summed E-state index contributed by atoms with van der Waals surface area (Å²) in [5.41, 5.74) is 0.806. The second kappa shape index (κ2) is 6.22. The fraction of sp³-hybridized carbons (Fsp3) is 0.538. The summed E-state index contributed by atoms with van der Waals surface area (Å²) in [6, 6.07) is 4.94. The molecule has 1 aliphatic carbocycles. The molecule has 1 aromatic rings. The van der Waals surface area contributed by atoms with Gasteiger partial charge in [0.25, 0.3) is 0 Å². The van der Waals surface area contributed by atoms with Gasteiger partial charge in [0.1, 0.15) is 0 Å². The van der Waals surface area contributed by atoms with Crippen molar-refractivity contribution in [3.8, 4) is 0 Å². The Morgan fingerprint density at radius 1 is 1.37 bits per heavy atom. The van der Waals surface area contributed by atoms with Crippen LogP contribution in [0.3, 0.4) is 0 Å². The molecule has 1 fully saturated rings. The summed E-state index contributed by atoms with van der Waals surface area (Å²) in [4.78, 5) is 0.289. The minimum Gasteiger partial charge on any atom is -0.313 e. The van der Waals surface area contributed by atoms with E-state index in [0.29, 0.717) is 11.6 Å². The van der Waals surface area contributed by atoms with Crippen LogP contribution in [0, 0.1) is 0 Å². The van der Waals surface area contributed by atoms with Crippen LogP contribution in [0.4, 0.5) is 0 Å². The van der Waals surface area contributed by atoms with Gasteiger partial charge in [-0.05, 0) is 43.1 Å². The van der Waals surface area contributed by atoms with Crippen LogP contribution in [0.5, 0.6) is 0 Å². The minimum absolute atomic E-state index is 0.0953. The second-order valence-corrected chi connectivity index (χ2v) is 6.90. The first-order chi connectivity index (χ1) is 9.03. The van der Waals surface area contributed by atoms with E-state index in [4.69, 9.17) is 11.6 Å². The molecule has 0 atom stereocenters. The van der Waals surface area contributed by atoms with Gasteiger partial charge in [0.05, 0.1) is 4.90 Å². The maximum atomic E-state index is 12.2. The van der Waals surface area contributed by atoms with Crippen molar-refractivity contribution in [2.75, 3.05) is 6.54 Å². The van der Waals surface area contributed by atoms with E-state index in [-0.39, 0.29) is 10.9 Å². The molecule has 2 rings (SSSR count). The molecule has 0 amide bonds. The first-order valence-electron chi connectivity index (χ1n) is 6.54. The SMILES string of the molecule is CCNCc1cc(S(=O)(=O)NC2CCC2)ccc1Cl. The van der Waals surface area contributed by atoms with Gasteiger partial charge in [-0.1, -0.05) is 24.9 Å². The number of sulfonamides is 1. The normalized spacial score (nSPS) is 16.3. The quantitative estimate of drug-likeness (QED) is 0.847. The molecule has 0 spiro atoms. The summed E-state index contributed by atoms with van der Waals surface area (Å²) in [5, 5.41) is 3.73. The van der Waals surface area contributed by atoms with Gasteiger partial charge in [-0.3, -0.25) is 0 Å². The number of hydrogen-bond acceptors (Lipinski definition) is 3. The fourth-order valence-electron chi connectivity index (χ4n) is 1.93. The van der Waals surface area contributed by atoms with E-state index in [1.54, 1.807) is 18.2 Å². The van der Waals surface area contributed by atoms with Crippen LogP contribution in [-0.4, -0.2) is 21.0 Å². The van der Waals surface area contributed by atoms with E-state index in [1.165, 1.54) is 0 Å². The van der Waals surface area contributed by atoms with Crippen molar-refractivity contribution in [2.45, 2.75) is 43.7 Å². The third-order valence-electron chi connectivity index (χ3n) is 3.32. The average molecular weight is 303 g/mol. The van der Waals surface area contributed by atoms with Crippen molar-refractivity contribution in [1.29, 1.82) is 0 Å². The number of benzene rings is 1. The number of hydrogen-bond donors (Lipinski definition) is 2. The van der Waals surface area contributed by atoms with E-state index in [2.05, 4.69) is 10.0 Å². The highest BCUT2D eigenvalue weighted by Gasteiger charge is 2.25. The summed E-state index contributed by atoms with van der Waals surface area (Å²) in [6.07, 6.45) is 2.95. The van der Waals surface area contributed by atoms with Crippen LogP contribution in [0.2, 0.25) is 5.02 Å². The molecular formula is C13H19ClN2O2S. The third-order valence-corrected chi connectivity index (χ3v) is 5.21. The Labute approximate surface area is 119 Å². The van der Waals surface area contributed by atoms with E-state index in [1.807, 2.05) is 6.92 Å². The highest BCUT2D eigenvalue weighted by molar-refractivity contribution is 7.89. The molecule has 0 unspecified atom stereocenters. The van der Waals surface area contributed by atoms with Gasteiger partial charge >= 0.3 is 0 Å². The Hall–Kier alpha value is -0.620. The molecule has 0 bridgehead atoms. The zero-order valence-electron chi connectivity index (χ0n) is 10.9. The molecule has 0 aromatic heterocycles. The molecule has 1 aliphatic rings. The monoisotopic (exact) mass is 302 g/mol. The second-order valence-electron chi connectivity index (χ2n) is 4.78. The van der Waals surface area contributed by atoms with Crippen molar-refractivity contribution >= 4 is 21.6 Å². The van der Waals surface area contributed by atoms with E-state index < -0.39 is 10.0 Å². The maximum Gasteiger partial charge on any atom is 0.240 e. The molecule has 19 heavy (non-hydrogen) atoms. The van der Waals surface area contributed by atoms with Crippen molar-refractivity contribution in [3.63, 3.8) is 0 Å². The van der Waals surface area contributed by atoms with Crippen LogP contribution in [0.25, 0.3) is 0 Å². The van der Waals surface area contributed by atoms with Crippen molar-refractivity contribution in [3.05, 3.63) is 28.8 Å². The summed E-state index contributed by atoms with van der Waals surface area (Å²) < 4.78 is 27.1. The predicted molar refractivity (Wildman–Crippen MR) is 76.8 cm³/mol. The minimum atomic E-state index is -3.42. The maximum absolute atomic E-state index is 12.2. The summed E-state index contributed by atoms with van der Waals surface area (Å²) >= 11 is 6.07. The van der Waals surface area contributed by atoms with E-state index in [9.17, 15) is 8.42 Å². The lowest BCUT2D eigenvalue weighted by molar-refractivity contribution is 0.383. The Balaban J connectivity index is 2.18. The summed E-state index contributed by atoms with van der Waals surface area (Å²) in [7, 11) is -3.42. The first kappa shape index (κ1) is 14.8. The van der Waals surface area contributed by atoms with Gasteiger partial charge in [0.15, 0.2) is 0 Å². The highest BCUT2D eigenvalue weighted by atomic mass is 35.5. The lowest BCUT2D eigenvalue weighted by Gasteiger charge is -2.26. The van der Waals surface area contributed by atoms with Gasteiger partial charge in [-0.15, -0.1) is 0 Å². The van der Waals surface area contributed by atoms with Crippen LogP contribution < -0.4 is 10.0 Å². The molecule has 106 valence electrons. The molecular weight excluding hydrogens is 284 g/mol. The number of rotatable bonds is 6. The lowest BCUT2D eigenvalue weighted by atomic mass is 9.94. The van der Waals surface area contributed by atoms with Crippen molar-refractivity contribution in [1.82, 2.24) is 10.0 Å². The van der Waals surface area contributed by atoms with Gasteiger partial charge < -0.3 is 5.32 Å². The van der Waals surface area contributed by atoms with Crippen molar-refractivity contribution < 1.29 is 8.42 Å². The summed E-state index contributed by atoms with van der Waals surface area (Å²) in [5.74, 6) is 0. The van der Waals surface area contributed by atoms with Gasteiger partial charge in [0, 0.05) is 17.6 Å². The average Bonchev–Trinajstić information content (AvgIpc) is 2.33. The fourth-order valence-corrected chi connectivity index (χ4v) is 3.47. The molecule has 1 saturated carbocycles. The van der Waals surface area contributed by atoms with E-state index in [0.717, 1.165) is 31.4 Å². The summed E-state index contributed by atoms with van der Waals surface area (Å²) in [6.45, 7) is 3.38. The molecule has 4 nitrogen and oxygen atoms in total.